The topological polar surface area (TPSA) is 297 Å². The first kappa shape index (κ1) is 39.2. The number of nitrogens with zero attached hydrogens (tertiary/aromatic N) is 7. The van der Waals surface area contributed by atoms with Gasteiger partial charge in [0.25, 0.3) is 30.4 Å². The van der Waals surface area contributed by atoms with Crippen molar-refractivity contribution in [1.82, 2.24) is 4.98 Å². The lowest BCUT2D eigenvalue weighted by atomic mass is 10.1. The summed E-state index contributed by atoms with van der Waals surface area (Å²) >= 11 is 0.954. The van der Waals surface area contributed by atoms with Crippen LogP contribution in [0.3, 0.4) is 0 Å². The standard InChI is InChI=1S/C34H23N9O9S4/c1-19-28(18-36)32(37-22-5-10-25(11-6-22)54(44,45)46)39-33(38-23-7-12-26(13-8-23)55(47,48)49)31(19)42-43-34-21(17-35)16-30(53-34)41-40-24-9-14-27-20(15-24)3-2-4-29(27)56(50,51)52/h2-16H,1H3,(H2,37,38,39)(H,44,45,46)(H,47,48,49)(H,50,51,52)/b41-40+,43-42?. The van der Waals surface area contributed by atoms with Crippen LogP contribution in [0.5, 0.6) is 0 Å². The highest BCUT2D eigenvalue weighted by molar-refractivity contribution is 7.86. The molecule has 0 aliphatic rings. The van der Waals surface area contributed by atoms with Crippen molar-refractivity contribution in [1.29, 1.82) is 10.5 Å². The number of hydrogen-bond acceptors (Lipinski definition) is 16. The molecule has 2 heterocycles. The van der Waals surface area contributed by atoms with Gasteiger partial charge in [-0.25, -0.2) is 4.98 Å². The first-order valence-corrected chi connectivity index (χ1v) is 20.6. The first-order chi connectivity index (χ1) is 26.4. The maximum absolute atomic E-state index is 11.8. The zero-order valence-corrected chi connectivity index (χ0v) is 31.5. The van der Waals surface area contributed by atoms with E-state index in [4.69, 9.17) is 0 Å². The monoisotopic (exact) mass is 829 g/mol. The summed E-state index contributed by atoms with van der Waals surface area (Å²) in [5.74, 6) is 0.00499. The average Bonchev–Trinajstić information content (AvgIpc) is 3.55. The molecule has 0 fully saturated rings. The second-order valence-corrected chi connectivity index (χ2v) is 16.7. The van der Waals surface area contributed by atoms with E-state index in [1.165, 1.54) is 54.6 Å². The van der Waals surface area contributed by atoms with Crippen LogP contribution in [-0.2, 0) is 30.4 Å². The van der Waals surface area contributed by atoms with Gasteiger partial charge >= 0.3 is 0 Å². The fourth-order valence-corrected chi connectivity index (χ4v) is 7.56. The van der Waals surface area contributed by atoms with Crippen LogP contribution in [0.1, 0.15) is 16.7 Å². The van der Waals surface area contributed by atoms with Gasteiger partial charge in [-0.1, -0.05) is 29.5 Å². The lowest BCUT2D eigenvalue weighted by Gasteiger charge is -2.16. The van der Waals surface area contributed by atoms with Gasteiger partial charge in [-0.05, 0) is 85.1 Å². The Hall–Kier alpha value is -6.50. The van der Waals surface area contributed by atoms with Gasteiger partial charge in [0.15, 0.2) is 16.6 Å². The maximum Gasteiger partial charge on any atom is 0.295 e. The molecule has 6 rings (SSSR count). The van der Waals surface area contributed by atoms with Gasteiger partial charge in [0.1, 0.15) is 27.7 Å². The second-order valence-electron chi connectivity index (χ2n) is 11.5. The minimum Gasteiger partial charge on any atom is -0.339 e. The van der Waals surface area contributed by atoms with Crippen molar-refractivity contribution in [2.75, 3.05) is 10.6 Å². The Morgan fingerprint density at radius 2 is 1.29 bits per heavy atom. The molecule has 0 unspecified atom stereocenters. The minimum absolute atomic E-state index is 0.0000432. The van der Waals surface area contributed by atoms with E-state index in [0.717, 1.165) is 35.6 Å². The Labute approximate surface area is 322 Å². The molecule has 5 N–H and O–H groups in total. The number of nitrogens with one attached hydrogen (secondary N) is 2. The summed E-state index contributed by atoms with van der Waals surface area (Å²) in [6, 6.07) is 24.3. The van der Waals surface area contributed by atoms with E-state index in [9.17, 15) is 49.4 Å². The molecular formula is C34H23N9O9S4. The highest BCUT2D eigenvalue weighted by Crippen LogP contribution is 2.41. The number of azo groups is 2. The number of anilines is 4. The third-order valence-electron chi connectivity index (χ3n) is 7.78. The molecular weight excluding hydrogens is 807 g/mol. The quantitative estimate of drug-likeness (QED) is 0.0605. The molecule has 0 atom stereocenters. The van der Waals surface area contributed by atoms with Crippen molar-refractivity contribution in [2.24, 2.45) is 20.5 Å². The fraction of sp³-hybridized carbons (Fsp3) is 0.0294. The van der Waals surface area contributed by atoms with Crippen molar-refractivity contribution in [3.05, 3.63) is 108 Å². The molecule has 6 aromatic rings. The molecule has 0 saturated heterocycles. The van der Waals surface area contributed by atoms with Crippen molar-refractivity contribution in [2.45, 2.75) is 21.6 Å². The summed E-state index contributed by atoms with van der Waals surface area (Å²) in [6.07, 6.45) is 0. The van der Waals surface area contributed by atoms with Crippen molar-refractivity contribution < 1.29 is 38.9 Å². The van der Waals surface area contributed by atoms with Gasteiger partial charge in [-0.2, -0.15) is 35.8 Å². The lowest BCUT2D eigenvalue weighted by Crippen LogP contribution is -2.05. The van der Waals surface area contributed by atoms with Gasteiger partial charge in [0.2, 0.25) is 0 Å². The average molecular weight is 830 g/mol. The molecule has 0 bridgehead atoms. The van der Waals surface area contributed by atoms with Gasteiger partial charge < -0.3 is 10.6 Å². The molecule has 282 valence electrons. The summed E-state index contributed by atoms with van der Waals surface area (Å²) < 4.78 is 98.0. The molecule has 18 nitrogen and oxygen atoms in total. The van der Waals surface area contributed by atoms with Crippen LogP contribution in [0.15, 0.2) is 126 Å². The number of hydrogen-bond donors (Lipinski definition) is 5. The molecule has 0 saturated carbocycles. The van der Waals surface area contributed by atoms with Crippen LogP contribution >= 0.6 is 11.3 Å². The SMILES string of the molecule is Cc1c(C#N)c(Nc2ccc(S(=O)(=O)O)cc2)nc(Nc2ccc(S(=O)(=O)O)cc2)c1N=Nc1sc(/N=N/c2ccc3c(S(=O)(=O)O)cccc3c2)cc1C#N. The molecule has 2 aromatic heterocycles. The van der Waals surface area contributed by atoms with Crippen molar-refractivity contribution in [3.63, 3.8) is 0 Å². The Morgan fingerprint density at radius 1 is 0.679 bits per heavy atom. The zero-order chi connectivity index (χ0) is 40.4. The predicted molar refractivity (Wildman–Crippen MR) is 204 cm³/mol. The molecule has 0 amide bonds. The van der Waals surface area contributed by atoms with E-state index in [1.54, 1.807) is 19.1 Å². The van der Waals surface area contributed by atoms with E-state index in [2.05, 4.69) is 36.1 Å². The van der Waals surface area contributed by atoms with Crippen LogP contribution < -0.4 is 10.6 Å². The van der Waals surface area contributed by atoms with Gasteiger partial charge in [0.05, 0.1) is 26.6 Å². The number of thiophene rings is 1. The van der Waals surface area contributed by atoms with Crippen LogP contribution in [0, 0.1) is 29.6 Å². The van der Waals surface area contributed by atoms with E-state index in [0.29, 0.717) is 16.8 Å². The molecule has 4 aromatic carbocycles. The number of fused-ring (bicyclic) bond motifs is 1. The van der Waals surface area contributed by atoms with E-state index >= 15 is 0 Å². The zero-order valence-electron chi connectivity index (χ0n) is 28.2. The Balaban J connectivity index is 1.36. The summed E-state index contributed by atoms with van der Waals surface area (Å²) in [7, 11) is -13.4. The summed E-state index contributed by atoms with van der Waals surface area (Å²) in [5.41, 5.74) is 1.30. The second kappa shape index (κ2) is 15.3. The third-order valence-corrected chi connectivity index (χ3v) is 11.3. The molecule has 22 heteroatoms. The van der Waals surface area contributed by atoms with Crippen molar-refractivity contribution in [3.8, 4) is 12.1 Å². The van der Waals surface area contributed by atoms with Crippen LogP contribution in [-0.4, -0.2) is 43.9 Å². The highest BCUT2D eigenvalue weighted by Gasteiger charge is 2.20. The highest BCUT2D eigenvalue weighted by atomic mass is 32.2. The molecule has 0 aliphatic carbocycles. The van der Waals surface area contributed by atoms with Gasteiger partial charge in [0, 0.05) is 22.3 Å². The van der Waals surface area contributed by atoms with Gasteiger partial charge in [-0.15, -0.1) is 20.5 Å². The minimum atomic E-state index is -4.49. The molecule has 0 aliphatic heterocycles. The normalized spacial score (nSPS) is 12.2. The maximum atomic E-state index is 11.8. The largest absolute Gasteiger partial charge is 0.339 e. The smallest absolute Gasteiger partial charge is 0.295 e. The number of benzene rings is 4. The Kier molecular flexibility index (Phi) is 10.7. The third kappa shape index (κ3) is 8.72. The van der Waals surface area contributed by atoms with Crippen LogP contribution in [0.4, 0.5) is 44.4 Å². The predicted octanol–water partition coefficient (Wildman–Crippen LogP) is 8.41. The first-order valence-electron chi connectivity index (χ1n) is 15.5. The van der Waals surface area contributed by atoms with Gasteiger partial charge in [-0.3, -0.25) is 13.7 Å². The number of rotatable bonds is 11. The number of aromatic nitrogens is 1. The van der Waals surface area contributed by atoms with E-state index in [1.807, 2.05) is 12.1 Å². The fourth-order valence-electron chi connectivity index (χ4n) is 5.13. The summed E-state index contributed by atoms with van der Waals surface area (Å²) in [6.45, 7) is 1.55. The Morgan fingerprint density at radius 3 is 1.84 bits per heavy atom. The number of pyridine rings is 1. The molecule has 0 radical (unpaired) electrons. The Bertz CT molecular complexity index is 3030. The van der Waals surface area contributed by atoms with Crippen LogP contribution in [0.2, 0.25) is 0 Å². The number of nitriles is 2. The van der Waals surface area contributed by atoms with E-state index in [-0.39, 0.29) is 69.8 Å². The summed E-state index contributed by atoms with van der Waals surface area (Å²) in [5, 5.41) is 44.0. The summed E-state index contributed by atoms with van der Waals surface area (Å²) in [4.78, 5) is 3.53. The van der Waals surface area contributed by atoms with E-state index < -0.39 is 30.4 Å². The molecule has 56 heavy (non-hydrogen) atoms. The molecule has 0 spiro atoms. The lowest BCUT2D eigenvalue weighted by molar-refractivity contribution is 0.481. The van der Waals surface area contributed by atoms with Crippen molar-refractivity contribution >= 4 is 96.9 Å². The van der Waals surface area contributed by atoms with Crippen LogP contribution in [0.25, 0.3) is 10.8 Å².